The number of ether oxygens (including phenoxy) is 6. The van der Waals surface area contributed by atoms with Crippen molar-refractivity contribution < 1.29 is 60.6 Å². The Hall–Kier alpha value is -10.6. The zero-order valence-corrected chi connectivity index (χ0v) is 49.2. The number of benzene rings is 6. The summed E-state index contributed by atoms with van der Waals surface area (Å²) in [6.07, 6.45) is 7.18. The second-order valence-corrected chi connectivity index (χ2v) is 22.1. The van der Waals surface area contributed by atoms with Gasteiger partial charge >= 0.3 is 0 Å². The number of hydrogen-bond donors (Lipinski definition) is 5. The monoisotopic (exact) mass is 1260 g/mol. The number of aromatic amines is 3. The summed E-state index contributed by atoms with van der Waals surface area (Å²) in [5, 5.41) is 20.7. The van der Waals surface area contributed by atoms with Gasteiger partial charge in [-0.05, 0) is 103 Å². The highest BCUT2D eigenvalue weighted by Crippen LogP contribution is 2.36. The molecule has 0 aliphatic carbocycles. The summed E-state index contributed by atoms with van der Waals surface area (Å²) >= 11 is 0. The maximum absolute atomic E-state index is 14.5. The zero-order valence-electron chi connectivity index (χ0n) is 49.2. The molecule has 0 radical (unpaired) electrons. The molecule has 4 atom stereocenters. The van der Waals surface area contributed by atoms with E-state index >= 15 is 0 Å². The van der Waals surface area contributed by atoms with Crippen LogP contribution in [0.25, 0.3) is 83.5 Å². The Bertz CT molecular complexity index is 4800. The van der Waals surface area contributed by atoms with Crippen molar-refractivity contribution in [2.75, 3.05) is 40.1 Å². The quantitative estimate of drug-likeness (QED) is 0.0474. The van der Waals surface area contributed by atoms with E-state index in [1.54, 1.807) is 100 Å². The van der Waals surface area contributed by atoms with Gasteiger partial charge in [0.25, 0.3) is 16.7 Å². The molecule has 12 aromatic rings. The fourth-order valence-electron chi connectivity index (χ4n) is 10.8. The molecule has 2 aliphatic heterocycles. The van der Waals surface area contributed by atoms with Crippen molar-refractivity contribution in [2.24, 2.45) is 0 Å². The number of aliphatic hydroxyl groups is 2. The number of aliphatic hydroxyl groups excluding tert-OH is 1. The van der Waals surface area contributed by atoms with Crippen LogP contribution in [0.4, 0.5) is 22.0 Å². The van der Waals surface area contributed by atoms with Crippen LogP contribution in [0.5, 0.6) is 17.2 Å². The van der Waals surface area contributed by atoms with E-state index in [0.29, 0.717) is 79.9 Å². The van der Waals surface area contributed by atoms with E-state index in [-0.39, 0.29) is 83.2 Å². The average Bonchev–Trinajstić information content (AvgIpc) is 1.65. The standard InChI is InChI=1S/C24H19F2N3O5.C22H19F2N3O3.C21H18FN3O3/c25-13-5-14(26)7-15(6-13)29-8-17(20-23(29)27-11-28-24(20)31)12-1-3-16(4-2-12)34-19-10-33-21-18(30)9-32-22(19)21;1-22(2,29)11-30-17-5-3-13(4-6-17)18-10-27(16-8-14(23)7-15(24)9-16)20-19(18)21(28)26-12-25-20;1-27-9-10-28-18-8-7-14(11-17(18)22)16-12-25(15-5-3-2-4-6-15)20-19(16)21(26)24-13-23-20/h1-8,11,18-19,21-22,30H,9-10H2,(H,27,28,31);3-10,12,29H,11H2,1-2H3,(H,25,26,28);2-8,11-13H,9-10H2,1H3,(H,23,24,26). The lowest BCUT2D eigenvalue weighted by atomic mass is 10.1. The van der Waals surface area contributed by atoms with E-state index in [1.165, 1.54) is 58.4 Å². The first kappa shape index (κ1) is 61.7. The molecule has 6 aromatic carbocycles. The Morgan fingerprint density at radius 3 is 1.48 bits per heavy atom. The fraction of sp³-hybridized carbons (Fsp3) is 0.194. The number of rotatable bonds is 15. The molecule has 4 unspecified atom stereocenters. The Morgan fingerprint density at radius 1 is 0.543 bits per heavy atom. The summed E-state index contributed by atoms with van der Waals surface area (Å²) < 4.78 is 108. The van der Waals surface area contributed by atoms with Crippen LogP contribution in [0.2, 0.25) is 0 Å². The van der Waals surface area contributed by atoms with Gasteiger partial charge in [-0.3, -0.25) is 14.4 Å². The molecule has 6 aromatic heterocycles. The number of aromatic nitrogens is 9. The normalized spacial score (nSPS) is 16.1. The van der Waals surface area contributed by atoms with Crippen LogP contribution in [-0.2, 0) is 14.2 Å². The second kappa shape index (κ2) is 26.1. The molecule has 0 spiro atoms. The largest absolute Gasteiger partial charge is 0.491 e. The number of halogens is 5. The van der Waals surface area contributed by atoms with Gasteiger partial charge in [0.15, 0.2) is 34.6 Å². The predicted octanol–water partition coefficient (Wildman–Crippen LogP) is 9.92. The number of hydrogen-bond acceptors (Lipinski definition) is 14. The lowest BCUT2D eigenvalue weighted by molar-refractivity contribution is 0.00863. The second-order valence-electron chi connectivity index (χ2n) is 22.1. The van der Waals surface area contributed by atoms with Crippen molar-refractivity contribution in [3.8, 4) is 67.7 Å². The molecule has 2 fully saturated rings. The summed E-state index contributed by atoms with van der Waals surface area (Å²) in [6, 6.07) is 34.5. The topological polar surface area (TPSA) is 248 Å². The lowest BCUT2D eigenvalue weighted by Crippen LogP contribution is -2.34. The van der Waals surface area contributed by atoms with Gasteiger partial charge in [0.05, 0.1) is 71.9 Å². The van der Waals surface area contributed by atoms with Crippen molar-refractivity contribution in [3.63, 3.8) is 0 Å². The molecule has 92 heavy (non-hydrogen) atoms. The highest BCUT2D eigenvalue weighted by Gasteiger charge is 2.48. The van der Waals surface area contributed by atoms with E-state index in [4.69, 9.17) is 28.4 Å². The Morgan fingerprint density at radius 2 is 1.00 bits per heavy atom. The first-order valence-electron chi connectivity index (χ1n) is 28.7. The minimum atomic E-state index is -0.967. The molecule has 5 N–H and O–H groups in total. The molecule has 20 nitrogen and oxygen atoms in total. The SMILES string of the molecule is CC(C)(O)COc1ccc(-c2cn(-c3cc(F)cc(F)c3)c3nc[nH]c(=O)c23)cc1.COCCOc1ccc(-c2cn(-c3ccccc3)c3nc[nH]c(=O)c23)cc1F.O=c1[nH]cnc2c1c(-c1ccc(OC3COC4C(O)COC34)cc1)cn2-c1cc(F)cc(F)c1. The third-order valence-electron chi connectivity index (χ3n) is 15.0. The summed E-state index contributed by atoms with van der Waals surface area (Å²) in [4.78, 5) is 58.1. The number of H-pyrrole nitrogens is 3. The minimum absolute atomic E-state index is 0.125. The van der Waals surface area contributed by atoms with Crippen LogP contribution in [0.1, 0.15) is 13.8 Å². The Labute approximate surface area is 518 Å². The predicted molar refractivity (Wildman–Crippen MR) is 330 cm³/mol. The van der Waals surface area contributed by atoms with Crippen molar-refractivity contribution >= 4 is 33.1 Å². The highest BCUT2D eigenvalue weighted by atomic mass is 19.1. The summed E-state index contributed by atoms with van der Waals surface area (Å²) in [7, 11) is 1.55. The van der Waals surface area contributed by atoms with E-state index in [1.807, 2.05) is 34.9 Å². The molecular weight excluding hydrogens is 1200 g/mol. The third kappa shape index (κ3) is 13.1. The lowest BCUT2D eigenvalue weighted by Gasteiger charge is -2.18. The molecule has 8 heterocycles. The third-order valence-corrected chi connectivity index (χ3v) is 15.0. The van der Waals surface area contributed by atoms with Crippen molar-refractivity contribution in [1.82, 2.24) is 43.6 Å². The van der Waals surface area contributed by atoms with E-state index in [2.05, 4.69) is 29.9 Å². The number of para-hydroxylation sites is 1. The molecule has 2 saturated heterocycles. The van der Waals surface area contributed by atoms with Crippen molar-refractivity contribution in [2.45, 2.75) is 43.9 Å². The van der Waals surface area contributed by atoms with E-state index in [0.717, 1.165) is 17.8 Å². The maximum atomic E-state index is 14.5. The van der Waals surface area contributed by atoms with Crippen LogP contribution in [-0.4, -0.2) is 124 Å². The molecule has 14 rings (SSSR count). The van der Waals surface area contributed by atoms with Gasteiger partial charge in [0.2, 0.25) is 0 Å². The number of methoxy groups -OCH3 is 1. The fourth-order valence-corrected chi connectivity index (χ4v) is 10.8. The first-order chi connectivity index (χ1) is 44.4. The smallest absolute Gasteiger partial charge is 0.260 e. The zero-order chi connectivity index (χ0) is 64.4. The van der Waals surface area contributed by atoms with Gasteiger partial charge in [-0.2, -0.15) is 0 Å². The van der Waals surface area contributed by atoms with Gasteiger partial charge in [-0.15, -0.1) is 0 Å². The molecule has 470 valence electrons. The number of nitrogens with zero attached hydrogens (tertiary/aromatic N) is 6. The first-order valence-corrected chi connectivity index (χ1v) is 28.7. The minimum Gasteiger partial charge on any atom is -0.491 e. The van der Waals surface area contributed by atoms with Gasteiger partial charge in [0.1, 0.15) is 66.3 Å². The molecule has 0 bridgehead atoms. The Balaban J connectivity index is 0.000000134. The van der Waals surface area contributed by atoms with Gasteiger partial charge in [0, 0.05) is 60.2 Å². The van der Waals surface area contributed by atoms with Crippen molar-refractivity contribution in [3.05, 3.63) is 231 Å². The van der Waals surface area contributed by atoms with E-state index < -0.39 is 40.8 Å². The number of fused-ring (bicyclic) bond motifs is 4. The van der Waals surface area contributed by atoms with Crippen LogP contribution < -0.4 is 30.9 Å². The van der Waals surface area contributed by atoms with Crippen LogP contribution in [0.15, 0.2) is 185 Å². The van der Waals surface area contributed by atoms with Crippen LogP contribution in [0.3, 0.4) is 0 Å². The molecular formula is C67H56F5N9O11. The van der Waals surface area contributed by atoms with E-state index in [9.17, 15) is 46.5 Å². The molecule has 25 heteroatoms. The van der Waals surface area contributed by atoms with Crippen LogP contribution >= 0.6 is 0 Å². The van der Waals surface area contributed by atoms with Crippen LogP contribution in [0, 0.1) is 29.1 Å². The number of nitrogens with one attached hydrogen (secondary N) is 3. The molecule has 0 amide bonds. The highest BCUT2D eigenvalue weighted by molar-refractivity contribution is 5.96. The Kier molecular flexibility index (Phi) is 17.5. The summed E-state index contributed by atoms with van der Waals surface area (Å²) in [5.74, 6) is -2.16. The molecule has 2 aliphatic rings. The van der Waals surface area contributed by atoms with Gasteiger partial charge in [-0.25, -0.2) is 36.9 Å². The maximum Gasteiger partial charge on any atom is 0.260 e. The van der Waals surface area contributed by atoms with Gasteiger partial charge in [-0.1, -0.05) is 48.5 Å². The molecule has 0 saturated carbocycles. The summed E-state index contributed by atoms with van der Waals surface area (Å²) in [5.41, 5.74) is 4.00. The van der Waals surface area contributed by atoms with Gasteiger partial charge < -0.3 is 67.3 Å². The average molecular weight is 1260 g/mol. The van der Waals surface area contributed by atoms with Crippen molar-refractivity contribution in [1.29, 1.82) is 0 Å². The summed E-state index contributed by atoms with van der Waals surface area (Å²) in [6.45, 7) is 4.56.